The van der Waals surface area contributed by atoms with Crippen LogP contribution in [0.4, 0.5) is 0 Å². The van der Waals surface area contributed by atoms with Crippen LogP contribution in [0, 0.1) is 0 Å². The second-order valence-electron chi connectivity index (χ2n) is 1.44. The van der Waals surface area contributed by atoms with Crippen molar-refractivity contribution in [2.45, 2.75) is 0 Å². The summed E-state index contributed by atoms with van der Waals surface area (Å²) in [7, 11) is -2.15. The fraction of sp³-hybridized carbons (Fsp3) is 0.250. The molecule has 0 aliphatic carbocycles. The van der Waals surface area contributed by atoms with Crippen molar-refractivity contribution >= 4 is 27.7 Å². The Morgan fingerprint density at radius 3 is 2.67 bits per heavy atom. The van der Waals surface area contributed by atoms with Gasteiger partial charge >= 0.3 is 0 Å². The van der Waals surface area contributed by atoms with Crippen molar-refractivity contribution in [3.05, 3.63) is 0 Å². The van der Waals surface area contributed by atoms with Crippen LogP contribution in [0.15, 0.2) is 9.98 Å². The van der Waals surface area contributed by atoms with Gasteiger partial charge in [0.1, 0.15) is 11.2 Å². The van der Waals surface area contributed by atoms with Crippen molar-refractivity contribution in [2.24, 2.45) is 9.98 Å². The number of aliphatic imine (C=N–C) groups is 2. The molecular formula is C4H4N2O2S. The van der Waals surface area contributed by atoms with Gasteiger partial charge in [0.15, 0.2) is 0 Å². The average molecular weight is 144 g/mol. The molecule has 5 heteroatoms. The van der Waals surface area contributed by atoms with Crippen molar-refractivity contribution in [2.75, 3.05) is 6.54 Å². The smallest absolute Gasteiger partial charge is 0.220 e. The van der Waals surface area contributed by atoms with Crippen LogP contribution in [0.3, 0.4) is 0 Å². The Balaban J connectivity index is 3.05. The van der Waals surface area contributed by atoms with Crippen molar-refractivity contribution < 1.29 is 8.42 Å². The first-order valence-corrected chi connectivity index (χ1v) is 3.35. The van der Waals surface area contributed by atoms with Gasteiger partial charge in [-0.1, -0.05) is 0 Å². The third kappa shape index (κ3) is 1.46. The molecule has 0 atom stereocenters. The molecule has 0 aromatic heterocycles. The fourth-order valence-corrected chi connectivity index (χ4v) is 0.758. The van der Waals surface area contributed by atoms with Gasteiger partial charge < -0.3 is 0 Å². The summed E-state index contributed by atoms with van der Waals surface area (Å²) in [6, 6.07) is 0. The lowest BCUT2D eigenvalue weighted by atomic mass is 10.4. The summed E-state index contributed by atoms with van der Waals surface area (Å²) in [6.07, 6.45) is 2.62. The van der Waals surface area contributed by atoms with E-state index in [0.717, 1.165) is 0 Å². The fourth-order valence-electron chi connectivity index (χ4n) is 0.431. The van der Waals surface area contributed by atoms with E-state index < -0.39 is 10.3 Å². The number of hydrogen-bond donors (Lipinski definition) is 0. The third-order valence-corrected chi connectivity index (χ3v) is 1.49. The monoisotopic (exact) mass is 144 g/mol. The van der Waals surface area contributed by atoms with Crippen molar-refractivity contribution in [1.82, 2.24) is 0 Å². The molecule has 0 N–H and O–H groups in total. The van der Waals surface area contributed by atoms with Crippen molar-refractivity contribution in [1.29, 1.82) is 0 Å². The molecule has 0 radical (unpaired) electrons. The molecule has 0 aromatic rings. The van der Waals surface area contributed by atoms with Crippen LogP contribution in [-0.4, -0.2) is 32.4 Å². The highest BCUT2D eigenvalue weighted by Gasteiger charge is 1.96. The van der Waals surface area contributed by atoms with Gasteiger partial charge in [-0.15, -0.1) is 0 Å². The molecule has 0 bridgehead atoms. The topological polar surface area (TPSA) is 58.9 Å². The largest absolute Gasteiger partial charge is 0.268 e. The highest BCUT2D eigenvalue weighted by molar-refractivity contribution is 7.74. The van der Waals surface area contributed by atoms with Gasteiger partial charge in [-0.25, -0.2) is 4.99 Å². The molecule has 1 aliphatic heterocycles. The van der Waals surface area contributed by atoms with Gasteiger partial charge in [0.2, 0.25) is 10.3 Å². The van der Waals surface area contributed by atoms with Crippen LogP contribution in [0.1, 0.15) is 0 Å². The summed E-state index contributed by atoms with van der Waals surface area (Å²) in [6.45, 7) is 0.222. The molecule has 9 heavy (non-hydrogen) atoms. The Morgan fingerprint density at radius 1 is 1.56 bits per heavy atom. The Kier molecular flexibility index (Phi) is 1.74. The SMILES string of the molecule is O=S(=O)=C1C=NC=NC1. The zero-order chi connectivity index (χ0) is 6.69. The van der Waals surface area contributed by atoms with E-state index in [1.165, 1.54) is 12.6 Å². The molecule has 48 valence electrons. The molecule has 1 aliphatic rings. The molecule has 4 nitrogen and oxygen atoms in total. The maximum atomic E-state index is 10.2. The van der Waals surface area contributed by atoms with E-state index in [1.54, 1.807) is 0 Å². The molecule has 0 amide bonds. The van der Waals surface area contributed by atoms with E-state index in [0.29, 0.717) is 0 Å². The van der Waals surface area contributed by atoms with E-state index in [4.69, 9.17) is 0 Å². The average Bonchev–Trinajstić information content (AvgIpc) is 1.90. The van der Waals surface area contributed by atoms with Crippen LogP contribution >= 0.6 is 0 Å². The lowest BCUT2D eigenvalue weighted by molar-refractivity contribution is 0.627. The van der Waals surface area contributed by atoms with Crippen LogP contribution < -0.4 is 0 Å². The highest BCUT2D eigenvalue weighted by Crippen LogP contribution is 1.79. The summed E-state index contributed by atoms with van der Waals surface area (Å²) < 4.78 is 20.3. The van der Waals surface area contributed by atoms with E-state index in [1.807, 2.05) is 0 Å². The lowest BCUT2D eigenvalue weighted by Crippen LogP contribution is -2.09. The summed E-state index contributed by atoms with van der Waals surface area (Å²) in [5.74, 6) is 0. The molecule has 1 rings (SSSR count). The quantitative estimate of drug-likeness (QED) is 0.416. The lowest BCUT2D eigenvalue weighted by Gasteiger charge is -1.91. The highest BCUT2D eigenvalue weighted by atomic mass is 32.2. The van der Waals surface area contributed by atoms with E-state index in [2.05, 4.69) is 9.98 Å². The molecule has 0 unspecified atom stereocenters. The summed E-state index contributed by atoms with van der Waals surface area (Å²) in [5.41, 5.74) is 0. The number of hydrogen-bond acceptors (Lipinski definition) is 4. The van der Waals surface area contributed by atoms with Crippen molar-refractivity contribution in [3.63, 3.8) is 0 Å². The second kappa shape index (κ2) is 2.54. The van der Waals surface area contributed by atoms with Gasteiger partial charge in [0.05, 0.1) is 6.54 Å². The molecule has 0 spiro atoms. The van der Waals surface area contributed by atoms with Gasteiger partial charge in [-0.2, -0.15) is 8.42 Å². The van der Waals surface area contributed by atoms with Gasteiger partial charge in [0, 0.05) is 6.21 Å². The zero-order valence-corrected chi connectivity index (χ0v) is 5.30. The molecule has 0 saturated carbocycles. The first-order chi connectivity index (χ1) is 4.30. The van der Waals surface area contributed by atoms with Gasteiger partial charge in [0.25, 0.3) is 0 Å². The molecule has 1 heterocycles. The Hall–Kier alpha value is -0.970. The third-order valence-electron chi connectivity index (χ3n) is 0.828. The minimum Gasteiger partial charge on any atom is -0.268 e. The predicted molar refractivity (Wildman–Crippen MR) is 35.8 cm³/mol. The number of rotatable bonds is 0. The molecular weight excluding hydrogens is 140 g/mol. The van der Waals surface area contributed by atoms with Crippen molar-refractivity contribution in [3.8, 4) is 0 Å². The van der Waals surface area contributed by atoms with Gasteiger partial charge in [-0.3, -0.25) is 4.99 Å². The summed E-state index contributed by atoms with van der Waals surface area (Å²) in [4.78, 5) is 7.39. The molecule has 0 aromatic carbocycles. The van der Waals surface area contributed by atoms with Crippen LogP contribution in [0.5, 0.6) is 0 Å². The van der Waals surface area contributed by atoms with Crippen LogP contribution in [0.2, 0.25) is 0 Å². The first-order valence-electron chi connectivity index (χ1n) is 2.27. The minimum absolute atomic E-state index is 0.222. The standard InChI is InChI=1S/C4H4N2O2S/c7-9(8)4-1-5-3-6-2-4/h1,3H,2H2. The van der Waals surface area contributed by atoms with E-state index >= 15 is 0 Å². The minimum atomic E-state index is -2.15. The summed E-state index contributed by atoms with van der Waals surface area (Å²) in [5, 5.41) is 0. The number of nitrogens with zero attached hydrogens (tertiary/aromatic N) is 2. The van der Waals surface area contributed by atoms with E-state index in [9.17, 15) is 8.42 Å². The Morgan fingerprint density at radius 2 is 2.33 bits per heavy atom. The molecule has 0 saturated heterocycles. The van der Waals surface area contributed by atoms with Gasteiger partial charge in [-0.05, 0) is 0 Å². The maximum Gasteiger partial charge on any atom is 0.220 e. The first kappa shape index (κ1) is 6.15. The Bertz CT molecular complexity index is 278. The van der Waals surface area contributed by atoms with Crippen LogP contribution in [0.25, 0.3) is 0 Å². The summed E-state index contributed by atoms with van der Waals surface area (Å²) >= 11 is 0. The molecule has 0 fully saturated rings. The van der Waals surface area contributed by atoms with E-state index in [-0.39, 0.29) is 11.4 Å². The zero-order valence-electron chi connectivity index (χ0n) is 4.48. The second-order valence-corrected chi connectivity index (χ2v) is 2.43. The normalized spacial score (nSPS) is 16.2. The predicted octanol–water partition coefficient (Wildman–Crippen LogP) is -0.849. The van der Waals surface area contributed by atoms with Crippen LogP contribution in [-0.2, 0) is 10.3 Å². The maximum absolute atomic E-state index is 10.2. The Labute approximate surface area is 53.5 Å².